The summed E-state index contributed by atoms with van der Waals surface area (Å²) in [5.74, 6) is -0.356. The van der Waals surface area contributed by atoms with Crippen LogP contribution < -0.4 is 10.9 Å². The third-order valence-electron chi connectivity index (χ3n) is 4.56. The van der Waals surface area contributed by atoms with Gasteiger partial charge in [-0.25, -0.2) is 0 Å². The number of aryl methyl sites for hydroxylation is 1. The van der Waals surface area contributed by atoms with Crippen LogP contribution in [0.1, 0.15) is 58.5 Å². The maximum Gasteiger partial charge on any atom is 0.261 e. The van der Waals surface area contributed by atoms with Gasteiger partial charge in [-0.05, 0) is 31.7 Å². The van der Waals surface area contributed by atoms with Gasteiger partial charge < -0.3 is 15.2 Å². The average Bonchev–Trinajstić information content (AvgIpc) is 2.96. The molecule has 2 heterocycles. The summed E-state index contributed by atoms with van der Waals surface area (Å²) >= 11 is 0. The minimum Gasteiger partial charge on any atom is -0.352 e. The summed E-state index contributed by atoms with van der Waals surface area (Å²) in [6.07, 6.45) is 3.96. The molecule has 7 nitrogen and oxygen atoms in total. The van der Waals surface area contributed by atoms with Crippen LogP contribution in [0.25, 0.3) is 0 Å². The van der Waals surface area contributed by atoms with Crippen LogP contribution in [0.15, 0.2) is 10.9 Å². The van der Waals surface area contributed by atoms with E-state index in [-0.39, 0.29) is 17.3 Å². The van der Waals surface area contributed by atoms with Crippen LogP contribution in [-0.4, -0.2) is 47.1 Å². The van der Waals surface area contributed by atoms with Crippen molar-refractivity contribution < 1.29 is 14.4 Å². The Morgan fingerprint density at radius 1 is 1.17 bits per heavy atom. The van der Waals surface area contributed by atoms with Crippen molar-refractivity contribution >= 4 is 17.6 Å². The number of Topliss-reactive ketones (excluding diaryl/α,β-unsaturated/α-hetero) is 1. The highest BCUT2D eigenvalue weighted by atomic mass is 16.2. The first-order valence-corrected chi connectivity index (χ1v) is 8.41. The Bertz CT molecular complexity index is 738. The molecule has 0 unspecified atom stereocenters. The number of fused-ring (bicyclic) bond motifs is 1. The highest BCUT2D eigenvalue weighted by Crippen LogP contribution is 2.18. The van der Waals surface area contributed by atoms with E-state index in [9.17, 15) is 19.2 Å². The Hall–Kier alpha value is -2.44. The molecule has 1 aromatic heterocycles. The minimum absolute atomic E-state index is 0.0266. The first kappa shape index (κ1) is 16.4. The molecule has 0 aromatic carbocycles. The van der Waals surface area contributed by atoms with Crippen molar-refractivity contribution in [2.45, 2.75) is 38.5 Å². The molecule has 2 amide bonds. The van der Waals surface area contributed by atoms with Crippen LogP contribution >= 0.6 is 0 Å². The van der Waals surface area contributed by atoms with E-state index in [1.807, 2.05) is 0 Å². The highest BCUT2D eigenvalue weighted by molar-refractivity contribution is 6.01. The zero-order chi connectivity index (χ0) is 17.1. The molecule has 1 fully saturated rings. The monoisotopic (exact) mass is 331 g/mol. The van der Waals surface area contributed by atoms with Crippen LogP contribution in [0.5, 0.6) is 0 Å². The van der Waals surface area contributed by atoms with E-state index in [1.54, 1.807) is 4.90 Å². The van der Waals surface area contributed by atoms with Crippen LogP contribution in [0, 0.1) is 0 Å². The molecule has 24 heavy (non-hydrogen) atoms. The average molecular weight is 331 g/mol. The molecule has 128 valence electrons. The van der Waals surface area contributed by atoms with Gasteiger partial charge in [-0.2, -0.15) is 0 Å². The van der Waals surface area contributed by atoms with E-state index in [4.69, 9.17) is 0 Å². The number of hydrogen-bond acceptors (Lipinski definition) is 4. The second-order valence-electron chi connectivity index (χ2n) is 6.27. The SMILES string of the molecule is O=C1CCCc2[nH]c(=O)c(C(=O)NCCCN3CCCC3=O)cc21. The second-order valence-corrected chi connectivity index (χ2v) is 6.27. The summed E-state index contributed by atoms with van der Waals surface area (Å²) in [6.45, 7) is 1.77. The summed E-state index contributed by atoms with van der Waals surface area (Å²) in [6, 6.07) is 1.41. The fourth-order valence-corrected chi connectivity index (χ4v) is 3.25. The molecule has 7 heteroatoms. The number of aromatic nitrogens is 1. The van der Waals surface area contributed by atoms with Crippen molar-refractivity contribution in [2.24, 2.45) is 0 Å². The minimum atomic E-state index is -0.481. The maximum atomic E-state index is 12.2. The number of rotatable bonds is 5. The van der Waals surface area contributed by atoms with Crippen molar-refractivity contribution in [3.63, 3.8) is 0 Å². The Kier molecular flexibility index (Phi) is 4.78. The number of amides is 2. The van der Waals surface area contributed by atoms with Crippen LogP contribution in [-0.2, 0) is 11.2 Å². The normalized spacial score (nSPS) is 17.1. The molecular formula is C17H21N3O4. The Morgan fingerprint density at radius 3 is 2.75 bits per heavy atom. The van der Waals surface area contributed by atoms with Gasteiger partial charge in [-0.15, -0.1) is 0 Å². The quantitative estimate of drug-likeness (QED) is 0.773. The predicted octanol–water partition coefficient (Wildman–Crippen LogP) is 0.636. The van der Waals surface area contributed by atoms with Gasteiger partial charge in [0.1, 0.15) is 5.56 Å². The molecule has 2 N–H and O–H groups in total. The van der Waals surface area contributed by atoms with Crippen LogP contribution in [0.4, 0.5) is 0 Å². The van der Waals surface area contributed by atoms with Gasteiger partial charge >= 0.3 is 0 Å². The third kappa shape index (κ3) is 3.39. The van der Waals surface area contributed by atoms with Crippen LogP contribution in [0.3, 0.4) is 0 Å². The number of hydrogen-bond donors (Lipinski definition) is 2. The van der Waals surface area contributed by atoms with E-state index in [2.05, 4.69) is 10.3 Å². The number of nitrogens with zero attached hydrogens (tertiary/aromatic N) is 1. The van der Waals surface area contributed by atoms with Crippen molar-refractivity contribution in [3.05, 3.63) is 33.2 Å². The number of likely N-dealkylation sites (tertiary alicyclic amines) is 1. The predicted molar refractivity (Wildman–Crippen MR) is 87.1 cm³/mol. The molecule has 0 atom stereocenters. The fourth-order valence-electron chi connectivity index (χ4n) is 3.25. The molecule has 2 aliphatic rings. The standard InChI is InChI=1S/C17H21N3O4/c21-14-5-1-4-13-11(14)10-12(17(24)19-13)16(23)18-7-3-9-20-8-2-6-15(20)22/h10H,1-9H2,(H,18,23)(H,19,24). The molecule has 1 saturated heterocycles. The summed E-state index contributed by atoms with van der Waals surface area (Å²) in [5, 5.41) is 2.69. The first-order valence-electron chi connectivity index (χ1n) is 8.41. The van der Waals surface area contributed by atoms with Crippen LogP contribution in [0.2, 0.25) is 0 Å². The number of aromatic amines is 1. The lowest BCUT2D eigenvalue weighted by molar-refractivity contribution is -0.127. The van der Waals surface area contributed by atoms with Crippen molar-refractivity contribution in [1.29, 1.82) is 0 Å². The van der Waals surface area contributed by atoms with Crippen molar-refractivity contribution in [2.75, 3.05) is 19.6 Å². The topological polar surface area (TPSA) is 99.3 Å². The summed E-state index contributed by atoms with van der Waals surface area (Å²) in [7, 11) is 0. The van der Waals surface area contributed by atoms with E-state index < -0.39 is 11.5 Å². The molecule has 3 rings (SSSR count). The maximum absolute atomic E-state index is 12.2. The number of carbonyl (C=O) groups is 3. The molecule has 1 aromatic rings. The van der Waals surface area contributed by atoms with E-state index in [0.717, 1.165) is 19.4 Å². The Labute approximate surface area is 139 Å². The van der Waals surface area contributed by atoms with E-state index in [0.29, 0.717) is 50.0 Å². The zero-order valence-corrected chi connectivity index (χ0v) is 13.5. The van der Waals surface area contributed by atoms with E-state index >= 15 is 0 Å². The fraction of sp³-hybridized carbons (Fsp3) is 0.529. The zero-order valence-electron chi connectivity index (χ0n) is 13.5. The first-order chi connectivity index (χ1) is 11.6. The van der Waals surface area contributed by atoms with E-state index in [1.165, 1.54) is 6.07 Å². The number of pyridine rings is 1. The van der Waals surface area contributed by atoms with Gasteiger partial charge in [-0.3, -0.25) is 19.2 Å². The number of ketones is 1. The lowest BCUT2D eigenvalue weighted by atomic mass is 9.93. The van der Waals surface area contributed by atoms with Crippen molar-refractivity contribution in [1.82, 2.24) is 15.2 Å². The second kappa shape index (κ2) is 6.98. The highest BCUT2D eigenvalue weighted by Gasteiger charge is 2.22. The molecular weight excluding hydrogens is 310 g/mol. The lowest BCUT2D eigenvalue weighted by Gasteiger charge is -2.16. The van der Waals surface area contributed by atoms with Gasteiger partial charge in [0.05, 0.1) is 0 Å². The van der Waals surface area contributed by atoms with Gasteiger partial charge in [-0.1, -0.05) is 0 Å². The molecule has 1 aliphatic carbocycles. The summed E-state index contributed by atoms with van der Waals surface area (Å²) < 4.78 is 0. The van der Waals surface area contributed by atoms with Gasteiger partial charge in [0.25, 0.3) is 11.5 Å². The lowest BCUT2D eigenvalue weighted by Crippen LogP contribution is -2.34. The molecule has 0 bridgehead atoms. The largest absolute Gasteiger partial charge is 0.352 e. The Morgan fingerprint density at radius 2 is 2.00 bits per heavy atom. The number of carbonyl (C=O) groups excluding carboxylic acids is 3. The van der Waals surface area contributed by atoms with Crippen molar-refractivity contribution in [3.8, 4) is 0 Å². The third-order valence-corrected chi connectivity index (χ3v) is 4.56. The Balaban J connectivity index is 1.59. The number of H-pyrrole nitrogens is 1. The summed E-state index contributed by atoms with van der Waals surface area (Å²) in [5.41, 5.74) is 0.589. The van der Waals surface area contributed by atoms with Gasteiger partial charge in [0, 0.05) is 43.7 Å². The van der Waals surface area contributed by atoms with Gasteiger partial charge in [0.15, 0.2) is 5.78 Å². The number of nitrogens with one attached hydrogen (secondary N) is 2. The molecule has 0 radical (unpaired) electrons. The molecule has 0 spiro atoms. The van der Waals surface area contributed by atoms with Gasteiger partial charge in [0.2, 0.25) is 5.91 Å². The molecule has 1 aliphatic heterocycles. The summed E-state index contributed by atoms with van der Waals surface area (Å²) in [4.78, 5) is 52.1. The molecule has 0 saturated carbocycles. The smallest absolute Gasteiger partial charge is 0.261 e.